The Morgan fingerprint density at radius 1 is 0.824 bits per heavy atom. The summed E-state index contributed by atoms with van der Waals surface area (Å²) in [6, 6.07) is 16.9. The number of likely N-dealkylation sites (N-methyl/N-ethyl adjacent to an activating group) is 2. The second-order valence-electron chi connectivity index (χ2n) is 14.7. The number of carbonyl (C=O) groups excluding carboxylic acids is 1. The van der Waals surface area contributed by atoms with E-state index in [4.69, 9.17) is 0 Å². The lowest BCUT2D eigenvalue weighted by molar-refractivity contribution is -0.123. The molecular formula is C39H49FN8O3. The number of hydrogen-bond acceptors (Lipinski definition) is 8. The zero-order chi connectivity index (χ0) is 35.5. The van der Waals surface area contributed by atoms with Crippen LogP contribution in [0.25, 0.3) is 27.8 Å². The van der Waals surface area contributed by atoms with Gasteiger partial charge in [0.1, 0.15) is 5.82 Å². The molecule has 4 heterocycles. The number of pyridine rings is 1. The van der Waals surface area contributed by atoms with E-state index in [1.54, 1.807) is 0 Å². The number of carbonyl (C=O) groups is 1. The van der Waals surface area contributed by atoms with Crippen LogP contribution >= 0.6 is 0 Å². The second kappa shape index (κ2) is 15.6. The van der Waals surface area contributed by atoms with Gasteiger partial charge < -0.3 is 15.1 Å². The van der Waals surface area contributed by atoms with E-state index >= 15 is 0 Å². The maximum Gasteiger partial charge on any atom is 0.337 e. The van der Waals surface area contributed by atoms with Gasteiger partial charge >= 0.3 is 5.69 Å². The number of piperazine rings is 1. The van der Waals surface area contributed by atoms with Crippen molar-refractivity contribution in [2.75, 3.05) is 73.0 Å². The summed E-state index contributed by atoms with van der Waals surface area (Å²) in [4.78, 5) is 54.6. The third-order valence-electron chi connectivity index (χ3n) is 10.9. The molecule has 0 atom stereocenters. The Kier molecular flexibility index (Phi) is 10.7. The summed E-state index contributed by atoms with van der Waals surface area (Å²) < 4.78 is 17.3. The van der Waals surface area contributed by atoms with Crippen molar-refractivity contribution in [3.8, 4) is 16.8 Å². The summed E-state index contributed by atoms with van der Waals surface area (Å²) in [6.07, 6.45) is 4.59. The van der Waals surface area contributed by atoms with Gasteiger partial charge in [-0.2, -0.15) is 0 Å². The van der Waals surface area contributed by atoms with E-state index in [0.29, 0.717) is 37.9 Å². The van der Waals surface area contributed by atoms with Gasteiger partial charge in [0.15, 0.2) is 5.65 Å². The normalized spacial score (nSPS) is 21.5. The molecular weight excluding hydrogens is 647 g/mol. The largest absolute Gasteiger partial charge is 0.352 e. The standard InChI is InChI=1S/C39H49FN8O3/c1-43-15-4-16-45(20-17-43)26-28-7-9-29(10-8-28)30-5-3-6-34(23-30)47-37-35(24-31(40)25-41-37)38(50)48(39(47)51)33-13-11-32(12-14-33)42-36(49)27-46-21-18-44(2)19-22-46/h3,5-10,23-25,32-33H,4,11-22,26-27H2,1-2H3,(H,42,49)/t32-,33+. The third kappa shape index (κ3) is 8.14. The highest BCUT2D eigenvalue weighted by Crippen LogP contribution is 2.28. The van der Waals surface area contributed by atoms with Crippen LogP contribution in [0.15, 0.2) is 70.4 Å². The Bertz CT molecular complexity index is 1960. The van der Waals surface area contributed by atoms with Crippen molar-refractivity contribution in [2.45, 2.75) is 50.7 Å². The molecule has 3 aliphatic rings. The quantitative estimate of drug-likeness (QED) is 0.300. The number of hydrogen-bond donors (Lipinski definition) is 1. The fraction of sp³-hybridized carbons (Fsp3) is 0.487. The summed E-state index contributed by atoms with van der Waals surface area (Å²) in [5, 5.41) is 3.24. The minimum Gasteiger partial charge on any atom is -0.352 e. The van der Waals surface area contributed by atoms with Gasteiger partial charge in [0.25, 0.3) is 5.56 Å². The van der Waals surface area contributed by atoms with Crippen molar-refractivity contribution in [3.63, 3.8) is 0 Å². The maximum absolute atomic E-state index is 14.5. The van der Waals surface area contributed by atoms with Crippen LogP contribution in [0.2, 0.25) is 0 Å². The van der Waals surface area contributed by atoms with Crippen molar-refractivity contribution in [3.05, 3.63) is 93.0 Å². The summed E-state index contributed by atoms with van der Waals surface area (Å²) in [7, 11) is 4.27. The molecule has 0 bridgehead atoms. The van der Waals surface area contributed by atoms with E-state index in [1.807, 2.05) is 24.3 Å². The van der Waals surface area contributed by atoms with Crippen LogP contribution in [-0.2, 0) is 11.3 Å². The molecule has 2 saturated heterocycles. The number of amides is 1. The van der Waals surface area contributed by atoms with Gasteiger partial charge in [0.2, 0.25) is 5.91 Å². The summed E-state index contributed by atoms with van der Waals surface area (Å²) in [6.45, 7) is 9.27. The Labute approximate surface area is 298 Å². The average molecular weight is 697 g/mol. The van der Waals surface area contributed by atoms with Gasteiger partial charge in [0.05, 0.1) is 23.8 Å². The Balaban J connectivity index is 1.11. The molecule has 2 aliphatic heterocycles. The molecule has 4 aromatic rings. The lowest BCUT2D eigenvalue weighted by Gasteiger charge is -2.33. The Hall–Kier alpha value is -4.23. The number of fused-ring (bicyclic) bond motifs is 1. The minimum absolute atomic E-state index is 0.00902. The first kappa shape index (κ1) is 35.2. The lowest BCUT2D eigenvalue weighted by Crippen LogP contribution is -2.50. The number of benzene rings is 2. The average Bonchev–Trinajstić information content (AvgIpc) is 3.34. The zero-order valence-electron chi connectivity index (χ0n) is 29.8. The van der Waals surface area contributed by atoms with E-state index < -0.39 is 17.1 Å². The second-order valence-corrected chi connectivity index (χ2v) is 14.7. The van der Waals surface area contributed by atoms with Crippen LogP contribution in [0.3, 0.4) is 0 Å². The van der Waals surface area contributed by atoms with Gasteiger partial charge in [-0.15, -0.1) is 0 Å². The molecule has 0 radical (unpaired) electrons. The predicted octanol–water partition coefficient (Wildman–Crippen LogP) is 3.34. The molecule has 0 unspecified atom stereocenters. The topological polar surface area (TPSA) is 98.9 Å². The number of rotatable bonds is 8. The number of nitrogens with zero attached hydrogens (tertiary/aromatic N) is 7. The maximum atomic E-state index is 14.5. The molecule has 1 aliphatic carbocycles. The van der Waals surface area contributed by atoms with Gasteiger partial charge in [-0.3, -0.25) is 24.0 Å². The monoisotopic (exact) mass is 696 g/mol. The molecule has 1 N–H and O–H groups in total. The smallest absolute Gasteiger partial charge is 0.337 e. The van der Waals surface area contributed by atoms with Crippen LogP contribution in [0.1, 0.15) is 43.7 Å². The van der Waals surface area contributed by atoms with Crippen molar-refractivity contribution >= 4 is 16.9 Å². The van der Waals surface area contributed by atoms with Gasteiger partial charge in [-0.1, -0.05) is 36.4 Å². The third-order valence-corrected chi connectivity index (χ3v) is 10.9. The first-order chi connectivity index (χ1) is 24.7. The van der Waals surface area contributed by atoms with E-state index in [0.717, 1.165) is 76.2 Å². The van der Waals surface area contributed by atoms with Gasteiger partial charge in [-0.25, -0.2) is 18.7 Å². The first-order valence-corrected chi connectivity index (χ1v) is 18.4. The van der Waals surface area contributed by atoms with Gasteiger partial charge in [0, 0.05) is 57.9 Å². The van der Waals surface area contributed by atoms with Crippen LogP contribution in [-0.4, -0.2) is 119 Å². The van der Waals surface area contributed by atoms with Crippen molar-refractivity contribution in [2.24, 2.45) is 0 Å². The van der Waals surface area contributed by atoms with Crippen LogP contribution in [0.4, 0.5) is 4.39 Å². The van der Waals surface area contributed by atoms with E-state index in [-0.39, 0.29) is 29.0 Å². The molecule has 3 fully saturated rings. The number of aromatic nitrogens is 3. The van der Waals surface area contributed by atoms with Crippen LogP contribution in [0.5, 0.6) is 0 Å². The fourth-order valence-electron chi connectivity index (χ4n) is 7.84. The molecule has 11 nitrogen and oxygen atoms in total. The van der Waals surface area contributed by atoms with Crippen molar-refractivity contribution < 1.29 is 9.18 Å². The lowest BCUT2D eigenvalue weighted by atomic mass is 9.91. The highest BCUT2D eigenvalue weighted by Gasteiger charge is 2.28. The number of nitrogens with one attached hydrogen (secondary N) is 1. The predicted molar refractivity (Wildman–Crippen MR) is 198 cm³/mol. The molecule has 2 aromatic carbocycles. The van der Waals surface area contributed by atoms with E-state index in [1.165, 1.54) is 27.2 Å². The molecule has 12 heteroatoms. The zero-order valence-corrected chi connectivity index (χ0v) is 29.8. The molecule has 0 spiro atoms. The van der Waals surface area contributed by atoms with Crippen LogP contribution < -0.4 is 16.6 Å². The Morgan fingerprint density at radius 3 is 2.27 bits per heavy atom. The molecule has 1 saturated carbocycles. The van der Waals surface area contributed by atoms with E-state index in [2.05, 4.69) is 68.3 Å². The molecule has 270 valence electrons. The minimum atomic E-state index is -0.635. The molecule has 7 rings (SSSR count). The number of halogens is 1. The van der Waals surface area contributed by atoms with E-state index in [9.17, 15) is 18.8 Å². The molecule has 2 aromatic heterocycles. The summed E-state index contributed by atoms with van der Waals surface area (Å²) >= 11 is 0. The van der Waals surface area contributed by atoms with Crippen molar-refractivity contribution in [1.29, 1.82) is 0 Å². The fourth-order valence-corrected chi connectivity index (χ4v) is 7.84. The Morgan fingerprint density at radius 2 is 1.53 bits per heavy atom. The van der Waals surface area contributed by atoms with Crippen LogP contribution in [0, 0.1) is 5.82 Å². The highest BCUT2D eigenvalue weighted by atomic mass is 19.1. The molecule has 1 amide bonds. The van der Waals surface area contributed by atoms with Crippen molar-refractivity contribution in [1.82, 2.24) is 39.0 Å². The molecule has 51 heavy (non-hydrogen) atoms. The summed E-state index contributed by atoms with van der Waals surface area (Å²) in [5.74, 6) is -0.626. The highest BCUT2D eigenvalue weighted by molar-refractivity contribution is 5.78. The first-order valence-electron chi connectivity index (χ1n) is 18.4. The van der Waals surface area contributed by atoms with Gasteiger partial charge in [-0.05, 0) is 94.2 Å². The SMILES string of the molecule is CN1CCN(CC(=O)N[C@H]2CC[C@@H](n3c(=O)c4cc(F)cnc4n(-c4cccc(-c5ccc(CN6CCCN(C)CC6)cc5)c4)c3=O)CC2)CC1. The summed E-state index contributed by atoms with van der Waals surface area (Å²) in [5.41, 5.74) is 2.83.